The summed E-state index contributed by atoms with van der Waals surface area (Å²) in [7, 11) is 0.142. The van der Waals surface area contributed by atoms with E-state index in [1.54, 1.807) is 13.8 Å². The number of halogens is 1. The Labute approximate surface area is 210 Å². The van der Waals surface area contributed by atoms with E-state index < -0.39 is 18.0 Å². The lowest BCUT2D eigenvalue weighted by atomic mass is 10.0. The number of ether oxygens (including phenoxy) is 1. The van der Waals surface area contributed by atoms with Gasteiger partial charge in [0, 0.05) is 11.6 Å². The molecule has 0 bridgehead atoms. The molecule has 0 spiro atoms. The van der Waals surface area contributed by atoms with Crippen LogP contribution in [0.1, 0.15) is 30.0 Å². The number of benzene rings is 2. The SMILES string of the molecule is CPOc1cc(C(=O)NN(Cc2ccc(-c3cccc(Cl)c3)cc2)C[C@@H](O)C(=O)OC(C)C)on1. The summed E-state index contributed by atoms with van der Waals surface area (Å²) in [6, 6.07) is 16.5. The number of rotatable bonds is 11. The maximum Gasteiger partial charge on any atom is 0.336 e. The summed E-state index contributed by atoms with van der Waals surface area (Å²) >= 11 is 6.09. The van der Waals surface area contributed by atoms with Crippen molar-refractivity contribution in [2.24, 2.45) is 0 Å². The van der Waals surface area contributed by atoms with Crippen LogP contribution in [-0.4, -0.2) is 52.6 Å². The van der Waals surface area contributed by atoms with Crippen molar-refractivity contribution >= 4 is 32.3 Å². The van der Waals surface area contributed by atoms with Crippen molar-refractivity contribution in [3.8, 4) is 17.0 Å². The van der Waals surface area contributed by atoms with Crippen molar-refractivity contribution < 1.29 is 28.5 Å². The Morgan fingerprint density at radius 1 is 1.17 bits per heavy atom. The molecule has 1 aromatic heterocycles. The predicted molar refractivity (Wildman–Crippen MR) is 133 cm³/mol. The van der Waals surface area contributed by atoms with E-state index >= 15 is 0 Å². The van der Waals surface area contributed by atoms with Gasteiger partial charge in [-0.3, -0.25) is 10.2 Å². The quantitative estimate of drug-likeness (QED) is 0.221. The largest absolute Gasteiger partial charge is 0.461 e. The molecular formula is C24H27ClN3O6P. The lowest BCUT2D eigenvalue weighted by molar-refractivity contribution is -0.158. The number of esters is 1. The smallest absolute Gasteiger partial charge is 0.336 e. The van der Waals surface area contributed by atoms with Gasteiger partial charge in [0.05, 0.1) is 27.5 Å². The van der Waals surface area contributed by atoms with E-state index in [9.17, 15) is 14.7 Å². The van der Waals surface area contributed by atoms with Gasteiger partial charge in [0.2, 0.25) is 5.76 Å². The maximum atomic E-state index is 12.7. The minimum absolute atomic E-state index is 0.0706. The fourth-order valence-corrected chi connectivity index (χ4v) is 3.65. The standard InChI is InChI=1S/C24H27ClN3O6P/c1-15(2)32-24(31)20(29)14-28(26-23(30)21-12-22(27-33-21)34-35-3)13-16-7-9-17(10-8-16)18-5-4-6-19(25)11-18/h4-12,15,20,29,35H,13-14H2,1-3H3,(H,26,30)/t20-/m1/s1. The second-order valence-corrected chi connectivity index (χ2v) is 8.91. The molecule has 2 aromatic carbocycles. The van der Waals surface area contributed by atoms with E-state index in [0.717, 1.165) is 16.7 Å². The first-order chi connectivity index (χ1) is 16.7. The molecule has 0 saturated carbocycles. The van der Waals surface area contributed by atoms with E-state index in [-0.39, 0.29) is 39.6 Å². The van der Waals surface area contributed by atoms with Crippen LogP contribution < -0.4 is 9.95 Å². The van der Waals surface area contributed by atoms with Gasteiger partial charge in [-0.1, -0.05) is 48.0 Å². The van der Waals surface area contributed by atoms with Crippen molar-refractivity contribution in [3.63, 3.8) is 0 Å². The summed E-state index contributed by atoms with van der Waals surface area (Å²) in [6.45, 7) is 5.17. The summed E-state index contributed by atoms with van der Waals surface area (Å²) < 4.78 is 15.4. The van der Waals surface area contributed by atoms with Crippen molar-refractivity contribution in [3.05, 3.63) is 70.9 Å². The minimum atomic E-state index is -1.47. The van der Waals surface area contributed by atoms with Crippen LogP contribution >= 0.6 is 20.4 Å². The highest BCUT2D eigenvalue weighted by molar-refractivity contribution is 7.31. The number of carbonyl (C=O) groups excluding carboxylic acids is 2. The van der Waals surface area contributed by atoms with Gasteiger partial charge in [-0.05, 0) is 54.5 Å². The minimum Gasteiger partial charge on any atom is -0.461 e. The van der Waals surface area contributed by atoms with Crippen molar-refractivity contribution in [1.29, 1.82) is 0 Å². The molecular weight excluding hydrogens is 493 g/mol. The van der Waals surface area contributed by atoms with Gasteiger partial charge in [0.1, 0.15) is 0 Å². The molecule has 1 heterocycles. The normalized spacial score (nSPS) is 12.3. The van der Waals surface area contributed by atoms with Crippen LogP contribution in [-0.2, 0) is 16.1 Å². The third-order valence-electron chi connectivity index (χ3n) is 4.68. The molecule has 0 aliphatic carbocycles. The molecule has 3 rings (SSSR count). The molecule has 11 heteroatoms. The molecule has 2 atom stereocenters. The Morgan fingerprint density at radius 2 is 1.91 bits per heavy atom. The van der Waals surface area contributed by atoms with Gasteiger partial charge in [-0.15, -0.1) is 0 Å². The maximum absolute atomic E-state index is 12.7. The Hall–Kier alpha value is -2.97. The second kappa shape index (κ2) is 12.7. The average molecular weight is 520 g/mol. The fourth-order valence-electron chi connectivity index (χ4n) is 3.15. The molecule has 0 saturated heterocycles. The zero-order chi connectivity index (χ0) is 25.4. The molecule has 9 nitrogen and oxygen atoms in total. The van der Waals surface area contributed by atoms with Gasteiger partial charge in [-0.2, -0.15) is 0 Å². The molecule has 0 radical (unpaired) electrons. The second-order valence-electron chi connectivity index (χ2n) is 7.87. The van der Waals surface area contributed by atoms with Crippen LogP contribution in [0.15, 0.2) is 59.1 Å². The van der Waals surface area contributed by atoms with Gasteiger partial charge in [0.25, 0.3) is 5.88 Å². The summed E-state index contributed by atoms with van der Waals surface area (Å²) in [5.41, 5.74) is 5.42. The van der Waals surface area contributed by atoms with Crippen LogP contribution in [0.25, 0.3) is 11.1 Å². The lowest BCUT2D eigenvalue weighted by Crippen LogP contribution is -2.47. The first-order valence-corrected chi connectivity index (χ1v) is 12.6. The summed E-state index contributed by atoms with van der Waals surface area (Å²) in [5.74, 6) is -1.26. The number of carbonyl (C=O) groups is 2. The molecule has 1 amide bonds. The fraction of sp³-hybridized carbons (Fsp3) is 0.292. The van der Waals surface area contributed by atoms with Gasteiger partial charge < -0.3 is 18.9 Å². The summed E-state index contributed by atoms with van der Waals surface area (Å²) in [5, 5.41) is 16.1. The lowest BCUT2D eigenvalue weighted by Gasteiger charge is -2.25. The van der Waals surface area contributed by atoms with E-state index in [1.165, 1.54) is 11.1 Å². The Balaban J connectivity index is 1.74. The van der Waals surface area contributed by atoms with E-state index in [0.29, 0.717) is 5.02 Å². The Bertz CT molecular complexity index is 1140. The molecule has 1 unspecified atom stereocenters. The third kappa shape index (κ3) is 8.04. The van der Waals surface area contributed by atoms with Crippen LogP contribution in [0.3, 0.4) is 0 Å². The highest BCUT2D eigenvalue weighted by Crippen LogP contribution is 2.23. The molecule has 0 aliphatic heterocycles. The highest BCUT2D eigenvalue weighted by atomic mass is 35.5. The van der Waals surface area contributed by atoms with E-state index in [1.807, 2.05) is 55.2 Å². The number of aliphatic hydroxyl groups is 1. The highest BCUT2D eigenvalue weighted by Gasteiger charge is 2.24. The molecule has 0 fully saturated rings. The van der Waals surface area contributed by atoms with Gasteiger partial charge in [-0.25, -0.2) is 9.80 Å². The number of nitrogens with one attached hydrogen (secondary N) is 1. The number of nitrogens with zero attached hydrogens (tertiary/aromatic N) is 2. The topological polar surface area (TPSA) is 114 Å². The van der Waals surface area contributed by atoms with Crippen molar-refractivity contribution in [2.75, 3.05) is 13.2 Å². The van der Waals surface area contributed by atoms with Gasteiger partial charge >= 0.3 is 11.9 Å². The molecule has 186 valence electrons. The van der Waals surface area contributed by atoms with Crippen molar-refractivity contribution in [2.45, 2.75) is 32.6 Å². The zero-order valence-electron chi connectivity index (χ0n) is 19.5. The average Bonchev–Trinajstić information content (AvgIpc) is 3.28. The number of amides is 1. The third-order valence-corrected chi connectivity index (χ3v) is 5.33. The molecule has 2 N–H and O–H groups in total. The van der Waals surface area contributed by atoms with Crippen LogP contribution in [0, 0.1) is 0 Å². The van der Waals surface area contributed by atoms with Crippen LogP contribution in [0.2, 0.25) is 5.02 Å². The van der Waals surface area contributed by atoms with E-state index in [2.05, 4.69) is 10.6 Å². The molecule has 3 aromatic rings. The number of hydrogen-bond donors (Lipinski definition) is 2. The van der Waals surface area contributed by atoms with E-state index in [4.69, 9.17) is 25.4 Å². The first kappa shape index (κ1) is 26.6. The Kier molecular flexibility index (Phi) is 9.63. The zero-order valence-corrected chi connectivity index (χ0v) is 21.3. The molecule has 0 aliphatic rings. The van der Waals surface area contributed by atoms with Crippen LogP contribution in [0.4, 0.5) is 0 Å². The summed E-state index contributed by atoms with van der Waals surface area (Å²) in [4.78, 5) is 24.8. The van der Waals surface area contributed by atoms with Gasteiger partial charge in [0.15, 0.2) is 6.10 Å². The van der Waals surface area contributed by atoms with Crippen molar-refractivity contribution in [1.82, 2.24) is 15.6 Å². The monoisotopic (exact) mass is 519 g/mol. The number of hydrogen-bond acceptors (Lipinski definition) is 8. The molecule has 35 heavy (non-hydrogen) atoms. The number of aliphatic hydroxyl groups excluding tert-OH is 1. The Morgan fingerprint density at radius 3 is 2.57 bits per heavy atom. The first-order valence-electron chi connectivity index (χ1n) is 10.8. The number of hydrazine groups is 1. The predicted octanol–water partition coefficient (Wildman–Crippen LogP) is 4.06. The van der Waals surface area contributed by atoms with Crippen LogP contribution in [0.5, 0.6) is 5.88 Å². The summed E-state index contributed by atoms with van der Waals surface area (Å²) in [6.07, 6.45) is -1.86. The number of aromatic nitrogens is 1.